The first-order valence-corrected chi connectivity index (χ1v) is 5.53. The van der Waals surface area contributed by atoms with E-state index in [4.69, 9.17) is 5.11 Å². The minimum atomic E-state index is -1.09. The fraction of sp³-hybridized carbons (Fsp3) is 0.250. The number of benzene rings is 1. The van der Waals surface area contributed by atoms with Gasteiger partial charge >= 0.3 is 18.0 Å². The molecular formula is C12H12N2O5. The van der Waals surface area contributed by atoms with Crippen LogP contribution in [0.3, 0.4) is 0 Å². The number of hydrogen-bond donors (Lipinski definition) is 2. The van der Waals surface area contributed by atoms with Crippen LogP contribution >= 0.6 is 0 Å². The fourth-order valence-electron chi connectivity index (χ4n) is 1.87. The van der Waals surface area contributed by atoms with Crippen molar-refractivity contribution >= 4 is 23.7 Å². The number of anilines is 1. The summed E-state index contributed by atoms with van der Waals surface area (Å²) in [6, 6.07) is 4.55. The molecule has 1 aromatic carbocycles. The molecule has 100 valence electrons. The average molecular weight is 264 g/mol. The number of carboxylic acid groups (broad SMARTS) is 1. The molecule has 2 amide bonds. The lowest BCUT2D eigenvalue weighted by molar-refractivity contribution is -0.137. The van der Waals surface area contributed by atoms with Gasteiger partial charge in [-0.2, -0.15) is 0 Å². The predicted molar refractivity (Wildman–Crippen MR) is 65.1 cm³/mol. The van der Waals surface area contributed by atoms with Gasteiger partial charge in [0.25, 0.3) is 0 Å². The van der Waals surface area contributed by atoms with Gasteiger partial charge < -0.3 is 15.2 Å². The molecule has 1 aliphatic rings. The molecule has 0 bridgehead atoms. The van der Waals surface area contributed by atoms with Crippen LogP contribution in [0.25, 0.3) is 0 Å². The van der Waals surface area contributed by atoms with Crippen molar-refractivity contribution in [3.8, 4) is 0 Å². The molecule has 7 heteroatoms. The topological polar surface area (TPSA) is 95.9 Å². The number of ether oxygens (including phenoxy) is 1. The molecule has 1 saturated heterocycles. The van der Waals surface area contributed by atoms with Crippen LogP contribution in [-0.4, -0.2) is 42.8 Å². The van der Waals surface area contributed by atoms with Crippen molar-refractivity contribution in [3.05, 3.63) is 29.8 Å². The van der Waals surface area contributed by atoms with Gasteiger partial charge in [-0.05, 0) is 24.3 Å². The Kier molecular flexibility index (Phi) is 3.37. The predicted octanol–water partition coefficient (Wildman–Crippen LogP) is 0.456. The summed E-state index contributed by atoms with van der Waals surface area (Å²) in [5.41, 5.74) is 0.743. The van der Waals surface area contributed by atoms with Gasteiger partial charge in [-0.3, -0.25) is 4.90 Å². The molecule has 1 aromatic rings. The largest absolute Gasteiger partial charge is 0.480 e. The van der Waals surface area contributed by atoms with Crippen LogP contribution in [0.2, 0.25) is 0 Å². The van der Waals surface area contributed by atoms with Crippen LogP contribution in [0, 0.1) is 0 Å². The number of carboxylic acids is 1. The van der Waals surface area contributed by atoms with E-state index in [1.807, 2.05) is 0 Å². The second kappa shape index (κ2) is 4.97. The number of methoxy groups -OCH3 is 1. The molecule has 0 spiro atoms. The SMILES string of the molecule is COC(=O)c1ccc(N2C(=O)NCC2C(=O)O)cc1. The Bertz CT molecular complexity index is 525. The van der Waals surface area contributed by atoms with Crippen LogP contribution < -0.4 is 10.2 Å². The van der Waals surface area contributed by atoms with Gasteiger partial charge in [-0.15, -0.1) is 0 Å². The van der Waals surface area contributed by atoms with E-state index in [1.54, 1.807) is 0 Å². The van der Waals surface area contributed by atoms with Gasteiger partial charge in [0.2, 0.25) is 0 Å². The molecule has 0 aromatic heterocycles. The highest BCUT2D eigenvalue weighted by Crippen LogP contribution is 2.21. The quantitative estimate of drug-likeness (QED) is 0.773. The molecule has 1 aliphatic heterocycles. The van der Waals surface area contributed by atoms with E-state index in [1.165, 1.54) is 31.4 Å². The summed E-state index contributed by atoms with van der Waals surface area (Å²) < 4.78 is 4.56. The lowest BCUT2D eigenvalue weighted by atomic mass is 10.2. The van der Waals surface area contributed by atoms with Crippen molar-refractivity contribution in [3.63, 3.8) is 0 Å². The van der Waals surface area contributed by atoms with Gasteiger partial charge in [0, 0.05) is 5.69 Å². The van der Waals surface area contributed by atoms with E-state index < -0.39 is 24.0 Å². The summed E-state index contributed by atoms with van der Waals surface area (Å²) in [7, 11) is 1.27. The number of aliphatic carboxylic acids is 1. The average Bonchev–Trinajstić information content (AvgIpc) is 2.80. The second-order valence-electron chi connectivity index (χ2n) is 3.95. The van der Waals surface area contributed by atoms with E-state index in [2.05, 4.69) is 10.1 Å². The number of nitrogens with zero attached hydrogens (tertiary/aromatic N) is 1. The number of hydrogen-bond acceptors (Lipinski definition) is 4. The number of urea groups is 1. The molecule has 1 heterocycles. The third-order valence-corrected chi connectivity index (χ3v) is 2.83. The zero-order valence-electron chi connectivity index (χ0n) is 10.1. The normalized spacial score (nSPS) is 18.1. The number of esters is 1. The molecule has 2 rings (SSSR count). The molecule has 2 N–H and O–H groups in total. The fourth-order valence-corrected chi connectivity index (χ4v) is 1.87. The molecule has 1 unspecified atom stereocenters. The van der Waals surface area contributed by atoms with Crippen molar-refractivity contribution < 1.29 is 24.2 Å². The van der Waals surface area contributed by atoms with E-state index in [-0.39, 0.29) is 6.54 Å². The minimum Gasteiger partial charge on any atom is -0.480 e. The van der Waals surface area contributed by atoms with Crippen LogP contribution in [-0.2, 0) is 9.53 Å². The number of carbonyl (C=O) groups excluding carboxylic acids is 2. The maximum Gasteiger partial charge on any atom is 0.337 e. The molecule has 0 radical (unpaired) electrons. The molecule has 1 atom stereocenters. The van der Waals surface area contributed by atoms with Crippen LogP contribution in [0.5, 0.6) is 0 Å². The Hall–Kier alpha value is -2.57. The van der Waals surface area contributed by atoms with Gasteiger partial charge in [-0.1, -0.05) is 0 Å². The smallest absolute Gasteiger partial charge is 0.337 e. The Morgan fingerprint density at radius 3 is 2.53 bits per heavy atom. The molecule has 7 nitrogen and oxygen atoms in total. The third kappa shape index (κ3) is 2.35. The summed E-state index contributed by atoms with van der Waals surface area (Å²) in [5, 5.41) is 11.5. The summed E-state index contributed by atoms with van der Waals surface area (Å²) in [6.07, 6.45) is 0. The minimum absolute atomic E-state index is 0.0485. The zero-order valence-corrected chi connectivity index (χ0v) is 10.1. The summed E-state index contributed by atoms with van der Waals surface area (Å²) in [4.78, 5) is 35.1. The highest BCUT2D eigenvalue weighted by atomic mass is 16.5. The maximum atomic E-state index is 11.6. The number of nitrogens with one attached hydrogen (secondary N) is 1. The summed E-state index contributed by atoms with van der Waals surface area (Å²) in [6.45, 7) is 0.0485. The first-order chi connectivity index (χ1) is 9.04. The van der Waals surface area contributed by atoms with Gasteiger partial charge in [0.05, 0.1) is 19.2 Å². The first kappa shape index (κ1) is 12.9. The van der Waals surface area contributed by atoms with Crippen LogP contribution in [0.4, 0.5) is 10.5 Å². The Labute approximate surface area is 108 Å². The Morgan fingerprint density at radius 1 is 1.37 bits per heavy atom. The second-order valence-corrected chi connectivity index (χ2v) is 3.95. The number of amides is 2. The van der Waals surface area contributed by atoms with Crippen molar-refractivity contribution in [2.24, 2.45) is 0 Å². The van der Waals surface area contributed by atoms with E-state index in [9.17, 15) is 14.4 Å². The molecule has 0 saturated carbocycles. The van der Waals surface area contributed by atoms with Gasteiger partial charge in [-0.25, -0.2) is 14.4 Å². The van der Waals surface area contributed by atoms with Crippen molar-refractivity contribution in [1.82, 2.24) is 5.32 Å². The van der Waals surface area contributed by atoms with Gasteiger partial charge in [0.15, 0.2) is 6.04 Å². The highest BCUT2D eigenvalue weighted by molar-refractivity contribution is 6.01. The summed E-state index contributed by atoms with van der Waals surface area (Å²) in [5.74, 6) is -1.58. The molecule has 19 heavy (non-hydrogen) atoms. The monoisotopic (exact) mass is 264 g/mol. The number of rotatable bonds is 3. The van der Waals surface area contributed by atoms with E-state index >= 15 is 0 Å². The first-order valence-electron chi connectivity index (χ1n) is 5.53. The maximum absolute atomic E-state index is 11.6. The van der Waals surface area contributed by atoms with E-state index in [0.29, 0.717) is 11.3 Å². The standard InChI is InChI=1S/C12H12N2O5/c1-19-11(17)7-2-4-8(5-3-7)14-9(10(15)16)6-13-12(14)18/h2-5,9H,6H2,1H3,(H,13,18)(H,15,16). The Morgan fingerprint density at radius 2 is 2.00 bits per heavy atom. The van der Waals surface area contributed by atoms with E-state index in [0.717, 1.165) is 4.90 Å². The zero-order chi connectivity index (χ0) is 14.0. The van der Waals surface area contributed by atoms with Crippen LogP contribution in [0.15, 0.2) is 24.3 Å². The van der Waals surface area contributed by atoms with Gasteiger partial charge in [0.1, 0.15) is 0 Å². The lowest BCUT2D eigenvalue weighted by Crippen LogP contribution is -2.39. The van der Waals surface area contributed by atoms with Crippen LogP contribution in [0.1, 0.15) is 10.4 Å². The summed E-state index contributed by atoms with van der Waals surface area (Å²) >= 11 is 0. The van der Waals surface area contributed by atoms with Crippen molar-refractivity contribution in [2.45, 2.75) is 6.04 Å². The molecule has 1 fully saturated rings. The molecular weight excluding hydrogens is 252 g/mol. The lowest BCUT2D eigenvalue weighted by Gasteiger charge is -2.19. The molecule has 0 aliphatic carbocycles. The third-order valence-electron chi connectivity index (χ3n) is 2.83. The highest BCUT2D eigenvalue weighted by Gasteiger charge is 2.36. The Balaban J connectivity index is 2.28. The van der Waals surface area contributed by atoms with Crippen molar-refractivity contribution in [1.29, 1.82) is 0 Å². The van der Waals surface area contributed by atoms with Crippen molar-refractivity contribution in [2.75, 3.05) is 18.6 Å². The number of carbonyl (C=O) groups is 3.